The number of nitrogens with two attached hydrogens (primary N) is 1. The molecule has 0 unspecified atom stereocenters. The molecule has 110 valence electrons. The van der Waals surface area contributed by atoms with Crippen LogP contribution in [0.3, 0.4) is 0 Å². The predicted molar refractivity (Wildman–Crippen MR) is 75.7 cm³/mol. The fourth-order valence-corrected chi connectivity index (χ4v) is 1.73. The van der Waals surface area contributed by atoms with Crippen LogP contribution in [0.15, 0.2) is 41.5 Å². The van der Waals surface area contributed by atoms with E-state index in [1.54, 1.807) is 18.3 Å². The van der Waals surface area contributed by atoms with Crippen LogP contribution in [-0.2, 0) is 22.7 Å². The van der Waals surface area contributed by atoms with Crippen molar-refractivity contribution in [2.75, 3.05) is 12.8 Å². The van der Waals surface area contributed by atoms with Crippen molar-refractivity contribution in [3.8, 4) is 5.88 Å². The summed E-state index contributed by atoms with van der Waals surface area (Å²) in [4.78, 5) is 27.3. The minimum atomic E-state index is -0.548. The molecule has 0 fully saturated rings. The summed E-state index contributed by atoms with van der Waals surface area (Å²) < 4.78 is 11.4. The number of hydrogen-bond acceptors (Lipinski definition) is 6. The lowest BCUT2D eigenvalue weighted by Crippen LogP contribution is -2.24. The van der Waals surface area contributed by atoms with Gasteiger partial charge in [0, 0.05) is 24.1 Å². The van der Waals surface area contributed by atoms with E-state index in [-0.39, 0.29) is 18.7 Å². The van der Waals surface area contributed by atoms with Gasteiger partial charge in [-0.15, -0.1) is 0 Å². The summed E-state index contributed by atoms with van der Waals surface area (Å²) in [7, 11) is 1.49. The molecule has 2 rings (SSSR count). The van der Waals surface area contributed by atoms with Crippen molar-refractivity contribution in [2.24, 2.45) is 0 Å². The molecule has 2 aromatic heterocycles. The Labute approximate surface area is 120 Å². The van der Waals surface area contributed by atoms with Crippen molar-refractivity contribution >= 4 is 11.7 Å². The molecule has 2 aromatic rings. The maximum absolute atomic E-state index is 11.8. The summed E-state index contributed by atoms with van der Waals surface area (Å²) in [6.07, 6.45) is 2.98. The van der Waals surface area contributed by atoms with Crippen LogP contribution >= 0.6 is 0 Å². The second-order valence-corrected chi connectivity index (χ2v) is 4.26. The first-order chi connectivity index (χ1) is 10.1. The van der Waals surface area contributed by atoms with Crippen molar-refractivity contribution in [2.45, 2.75) is 13.2 Å². The second-order valence-electron chi connectivity index (χ2n) is 4.26. The molecule has 0 aliphatic rings. The Kier molecular flexibility index (Phi) is 4.55. The van der Waals surface area contributed by atoms with E-state index < -0.39 is 5.97 Å². The monoisotopic (exact) mass is 289 g/mol. The number of pyridine rings is 2. The standard InChI is InChI=1S/C14H15N3O4/c1-20-14-10(3-2-6-16-14)9-21-13(19)8-17-7-11(15)4-5-12(17)18/h2-7H,8-9,15H2,1H3. The number of nitrogens with zero attached hydrogens (tertiary/aromatic N) is 2. The van der Waals surface area contributed by atoms with E-state index in [9.17, 15) is 9.59 Å². The number of hydrogen-bond donors (Lipinski definition) is 1. The number of carbonyl (C=O) groups excluding carboxylic acids is 1. The molecule has 0 aliphatic carbocycles. The molecule has 0 radical (unpaired) electrons. The van der Waals surface area contributed by atoms with Crippen LogP contribution in [0.25, 0.3) is 0 Å². The number of anilines is 1. The molecule has 7 nitrogen and oxygen atoms in total. The predicted octanol–water partition coefficient (Wildman–Crippen LogP) is 0.578. The molecule has 0 atom stereocenters. The summed E-state index contributed by atoms with van der Waals surface area (Å²) in [6.45, 7) is -0.181. The number of nitrogen functional groups attached to an aromatic ring is 1. The van der Waals surface area contributed by atoms with Crippen LogP contribution < -0.4 is 16.0 Å². The molecular formula is C14H15N3O4. The van der Waals surface area contributed by atoms with E-state index in [0.717, 1.165) is 0 Å². The highest BCUT2D eigenvalue weighted by Crippen LogP contribution is 2.14. The van der Waals surface area contributed by atoms with Crippen molar-refractivity contribution in [3.63, 3.8) is 0 Å². The van der Waals surface area contributed by atoms with Gasteiger partial charge in [-0.05, 0) is 18.2 Å². The second kappa shape index (κ2) is 6.56. The van der Waals surface area contributed by atoms with E-state index in [4.69, 9.17) is 15.2 Å². The molecule has 0 aromatic carbocycles. The van der Waals surface area contributed by atoms with Gasteiger partial charge in [-0.1, -0.05) is 0 Å². The maximum atomic E-state index is 11.8. The average Bonchev–Trinajstić information content (AvgIpc) is 2.49. The van der Waals surface area contributed by atoms with Crippen molar-refractivity contribution in [1.82, 2.24) is 9.55 Å². The highest BCUT2D eigenvalue weighted by atomic mass is 16.5. The smallest absolute Gasteiger partial charge is 0.326 e. The fraction of sp³-hybridized carbons (Fsp3) is 0.214. The molecule has 2 heterocycles. The molecule has 0 saturated carbocycles. The van der Waals surface area contributed by atoms with E-state index >= 15 is 0 Å². The van der Waals surface area contributed by atoms with Crippen LogP contribution in [0, 0.1) is 0 Å². The third-order valence-electron chi connectivity index (χ3n) is 2.74. The summed E-state index contributed by atoms with van der Waals surface area (Å²) in [6, 6.07) is 6.23. The van der Waals surface area contributed by atoms with Crippen LogP contribution in [0.5, 0.6) is 5.88 Å². The number of rotatable bonds is 5. The molecule has 2 N–H and O–H groups in total. The molecule has 0 bridgehead atoms. The molecule has 7 heteroatoms. The molecule has 0 aliphatic heterocycles. The van der Waals surface area contributed by atoms with Crippen LogP contribution in [0.1, 0.15) is 5.56 Å². The first-order valence-corrected chi connectivity index (χ1v) is 6.19. The summed E-state index contributed by atoms with van der Waals surface area (Å²) in [5, 5.41) is 0. The van der Waals surface area contributed by atoms with Gasteiger partial charge in [0.25, 0.3) is 5.56 Å². The quantitative estimate of drug-likeness (QED) is 0.809. The summed E-state index contributed by atoms with van der Waals surface area (Å²) >= 11 is 0. The lowest BCUT2D eigenvalue weighted by atomic mass is 10.3. The zero-order valence-electron chi connectivity index (χ0n) is 11.5. The molecular weight excluding hydrogens is 274 g/mol. The number of methoxy groups -OCH3 is 1. The number of aromatic nitrogens is 2. The van der Waals surface area contributed by atoms with Gasteiger partial charge in [-0.25, -0.2) is 4.98 Å². The molecule has 0 spiro atoms. The van der Waals surface area contributed by atoms with E-state index in [1.165, 1.54) is 30.0 Å². The molecule has 0 amide bonds. The lowest BCUT2D eigenvalue weighted by Gasteiger charge is -2.09. The Hall–Kier alpha value is -2.83. The highest BCUT2D eigenvalue weighted by molar-refractivity contribution is 5.69. The molecule has 0 saturated heterocycles. The van der Waals surface area contributed by atoms with Crippen LogP contribution in [-0.4, -0.2) is 22.6 Å². The zero-order valence-corrected chi connectivity index (χ0v) is 11.5. The Bertz CT molecular complexity index is 697. The SMILES string of the molecule is COc1ncccc1COC(=O)Cn1cc(N)ccc1=O. The van der Waals surface area contributed by atoms with Crippen molar-refractivity contribution < 1.29 is 14.3 Å². The summed E-state index contributed by atoms with van der Waals surface area (Å²) in [5.74, 6) is -0.153. The number of carbonyl (C=O) groups is 1. The van der Waals surface area contributed by atoms with Gasteiger partial charge in [0.2, 0.25) is 5.88 Å². The lowest BCUT2D eigenvalue weighted by molar-refractivity contribution is -0.145. The third kappa shape index (κ3) is 3.82. The normalized spacial score (nSPS) is 10.1. The van der Waals surface area contributed by atoms with Crippen molar-refractivity contribution in [3.05, 3.63) is 52.6 Å². The average molecular weight is 289 g/mol. The Morgan fingerprint density at radius 3 is 2.95 bits per heavy atom. The van der Waals surface area contributed by atoms with E-state index in [0.29, 0.717) is 17.1 Å². The summed E-state index contributed by atoms with van der Waals surface area (Å²) in [5.41, 5.74) is 6.30. The van der Waals surface area contributed by atoms with E-state index in [2.05, 4.69) is 4.98 Å². The van der Waals surface area contributed by atoms with Gasteiger partial charge >= 0.3 is 5.97 Å². The van der Waals surface area contributed by atoms with Gasteiger partial charge in [-0.2, -0.15) is 0 Å². The minimum absolute atomic E-state index is 0.0207. The number of esters is 1. The van der Waals surface area contributed by atoms with Gasteiger partial charge in [0.05, 0.1) is 12.7 Å². The first kappa shape index (κ1) is 14.6. The van der Waals surface area contributed by atoms with E-state index in [1.807, 2.05) is 0 Å². The largest absolute Gasteiger partial charge is 0.481 e. The first-order valence-electron chi connectivity index (χ1n) is 6.19. The maximum Gasteiger partial charge on any atom is 0.326 e. The Morgan fingerprint density at radius 2 is 2.19 bits per heavy atom. The van der Waals surface area contributed by atoms with Gasteiger partial charge in [-0.3, -0.25) is 9.59 Å². The van der Waals surface area contributed by atoms with Crippen molar-refractivity contribution in [1.29, 1.82) is 0 Å². The highest BCUT2D eigenvalue weighted by Gasteiger charge is 2.09. The molecule has 21 heavy (non-hydrogen) atoms. The Morgan fingerprint density at radius 1 is 1.38 bits per heavy atom. The van der Waals surface area contributed by atoms with Crippen LogP contribution in [0.2, 0.25) is 0 Å². The van der Waals surface area contributed by atoms with Crippen LogP contribution in [0.4, 0.5) is 5.69 Å². The van der Waals surface area contributed by atoms with Gasteiger partial charge < -0.3 is 19.8 Å². The number of ether oxygens (including phenoxy) is 2. The fourth-order valence-electron chi connectivity index (χ4n) is 1.73. The third-order valence-corrected chi connectivity index (χ3v) is 2.74. The van der Waals surface area contributed by atoms with Gasteiger partial charge in [0.15, 0.2) is 0 Å². The zero-order chi connectivity index (χ0) is 15.2. The topological polar surface area (TPSA) is 96.4 Å². The minimum Gasteiger partial charge on any atom is -0.481 e. The van der Waals surface area contributed by atoms with Gasteiger partial charge in [0.1, 0.15) is 13.2 Å². The Balaban J connectivity index is 1.99.